The van der Waals surface area contributed by atoms with Crippen molar-refractivity contribution in [3.05, 3.63) is 65.3 Å². The summed E-state index contributed by atoms with van der Waals surface area (Å²) in [4.78, 5) is 12.9. The van der Waals surface area contributed by atoms with Crippen LogP contribution in [0.1, 0.15) is 24.4 Å². The highest BCUT2D eigenvalue weighted by molar-refractivity contribution is 5.91. The standard InChI is InChI=1S/C20H19F3N4O2/c1-11-5-4-6-13(9-11)20-26-25-19(29-20)12(2)27(3)10-16(28)24-15-8-7-14(21)17(22)18(15)23/h4-9,12H,10H2,1-3H3,(H,24,28)/p+1/t12-/m0/s1. The van der Waals surface area contributed by atoms with E-state index in [1.165, 1.54) is 0 Å². The molecule has 2 atom stereocenters. The number of carbonyl (C=O) groups excluding carboxylic acids is 1. The first-order valence-electron chi connectivity index (χ1n) is 8.92. The molecule has 29 heavy (non-hydrogen) atoms. The SMILES string of the molecule is Cc1cccc(-c2nnc([C@H](C)[NH+](C)CC(=O)Nc3ccc(F)c(F)c3F)o2)c1. The number of benzene rings is 2. The number of hydrogen-bond donors (Lipinski definition) is 2. The van der Waals surface area contributed by atoms with Gasteiger partial charge in [0.25, 0.3) is 11.8 Å². The van der Waals surface area contributed by atoms with Crippen LogP contribution in [0.3, 0.4) is 0 Å². The summed E-state index contributed by atoms with van der Waals surface area (Å²) < 4.78 is 45.7. The predicted octanol–water partition coefficient (Wildman–Crippen LogP) is 2.68. The number of quaternary nitrogens is 1. The van der Waals surface area contributed by atoms with Gasteiger partial charge in [0.15, 0.2) is 30.0 Å². The van der Waals surface area contributed by atoms with Gasteiger partial charge >= 0.3 is 0 Å². The van der Waals surface area contributed by atoms with Crippen molar-refractivity contribution < 1.29 is 27.3 Å². The quantitative estimate of drug-likeness (QED) is 0.619. The first-order valence-corrected chi connectivity index (χ1v) is 8.92. The van der Waals surface area contributed by atoms with Crippen LogP contribution in [0.25, 0.3) is 11.5 Å². The largest absolute Gasteiger partial charge is 0.415 e. The number of carbonyl (C=O) groups is 1. The lowest BCUT2D eigenvalue weighted by atomic mass is 10.1. The van der Waals surface area contributed by atoms with E-state index in [0.29, 0.717) is 16.7 Å². The summed E-state index contributed by atoms with van der Waals surface area (Å²) >= 11 is 0. The van der Waals surface area contributed by atoms with E-state index in [2.05, 4.69) is 15.5 Å². The van der Waals surface area contributed by atoms with Crippen molar-refractivity contribution in [2.24, 2.45) is 0 Å². The smallest absolute Gasteiger partial charge is 0.279 e. The number of aryl methyl sites for hydroxylation is 1. The van der Waals surface area contributed by atoms with Gasteiger partial charge in [0.2, 0.25) is 5.89 Å². The van der Waals surface area contributed by atoms with Gasteiger partial charge < -0.3 is 14.6 Å². The molecule has 1 heterocycles. The van der Waals surface area contributed by atoms with Crippen LogP contribution >= 0.6 is 0 Å². The first-order chi connectivity index (χ1) is 13.8. The number of anilines is 1. The Hall–Kier alpha value is -3.20. The third-order valence-corrected chi connectivity index (χ3v) is 4.56. The lowest BCUT2D eigenvalue weighted by Gasteiger charge is -2.18. The molecule has 6 nitrogen and oxygen atoms in total. The summed E-state index contributed by atoms with van der Waals surface area (Å²) in [5.41, 5.74) is 1.42. The second kappa shape index (κ2) is 8.44. The Morgan fingerprint density at radius 2 is 1.93 bits per heavy atom. The molecule has 1 amide bonds. The monoisotopic (exact) mass is 405 g/mol. The molecule has 0 fully saturated rings. The Morgan fingerprint density at radius 3 is 2.66 bits per heavy atom. The minimum atomic E-state index is -1.63. The van der Waals surface area contributed by atoms with Gasteiger partial charge in [-0.25, -0.2) is 13.2 Å². The van der Waals surface area contributed by atoms with E-state index in [9.17, 15) is 18.0 Å². The summed E-state index contributed by atoms with van der Waals surface area (Å²) in [5.74, 6) is -4.26. The van der Waals surface area contributed by atoms with Crippen LogP contribution in [0.5, 0.6) is 0 Å². The number of halogens is 3. The Bertz CT molecular complexity index is 1040. The highest BCUT2D eigenvalue weighted by atomic mass is 19.2. The molecule has 0 saturated carbocycles. The molecule has 152 valence electrons. The van der Waals surface area contributed by atoms with Crippen LogP contribution in [-0.4, -0.2) is 29.7 Å². The second-order valence-corrected chi connectivity index (χ2v) is 6.83. The maximum Gasteiger partial charge on any atom is 0.279 e. The number of nitrogens with one attached hydrogen (secondary N) is 2. The van der Waals surface area contributed by atoms with Crippen LogP contribution in [0.2, 0.25) is 0 Å². The van der Waals surface area contributed by atoms with E-state index < -0.39 is 29.0 Å². The summed E-state index contributed by atoms with van der Waals surface area (Å²) in [6.45, 7) is 3.67. The molecule has 1 aromatic heterocycles. The van der Waals surface area contributed by atoms with Crippen LogP contribution in [0, 0.1) is 24.4 Å². The van der Waals surface area contributed by atoms with Gasteiger partial charge in [-0.05, 0) is 38.1 Å². The van der Waals surface area contributed by atoms with Crippen LogP contribution in [-0.2, 0) is 4.79 Å². The molecular weight excluding hydrogens is 385 g/mol. The van der Waals surface area contributed by atoms with Crippen molar-refractivity contribution in [1.82, 2.24) is 10.2 Å². The number of amides is 1. The molecule has 0 spiro atoms. The number of hydrogen-bond acceptors (Lipinski definition) is 4. The summed E-state index contributed by atoms with van der Waals surface area (Å²) in [6, 6.07) is 9.00. The molecule has 3 aromatic rings. The Labute approximate surface area is 165 Å². The van der Waals surface area contributed by atoms with Gasteiger partial charge in [-0.3, -0.25) is 4.79 Å². The van der Waals surface area contributed by atoms with Crippen LogP contribution in [0.15, 0.2) is 40.8 Å². The van der Waals surface area contributed by atoms with Crippen molar-refractivity contribution in [1.29, 1.82) is 0 Å². The summed E-state index contributed by atoms with van der Waals surface area (Å²) in [6.07, 6.45) is 0. The molecular formula is C20H20F3N4O2+. The van der Waals surface area contributed by atoms with E-state index in [1.807, 2.05) is 31.2 Å². The van der Waals surface area contributed by atoms with Gasteiger partial charge in [0.05, 0.1) is 12.7 Å². The van der Waals surface area contributed by atoms with Gasteiger partial charge in [0.1, 0.15) is 0 Å². The normalized spacial score (nSPS) is 13.2. The molecule has 0 aliphatic rings. The fraction of sp³-hybridized carbons (Fsp3) is 0.250. The zero-order valence-corrected chi connectivity index (χ0v) is 16.1. The zero-order chi connectivity index (χ0) is 21.1. The van der Waals surface area contributed by atoms with E-state index in [-0.39, 0.29) is 12.6 Å². The zero-order valence-electron chi connectivity index (χ0n) is 16.1. The Morgan fingerprint density at radius 1 is 1.17 bits per heavy atom. The average molecular weight is 405 g/mol. The minimum absolute atomic E-state index is 0.0816. The molecule has 1 unspecified atom stereocenters. The molecule has 0 radical (unpaired) electrons. The van der Waals surface area contributed by atoms with E-state index in [0.717, 1.165) is 23.3 Å². The first kappa shape index (κ1) is 20.5. The molecule has 0 aliphatic heterocycles. The molecule has 9 heteroatoms. The van der Waals surface area contributed by atoms with Crippen molar-refractivity contribution in [2.75, 3.05) is 18.9 Å². The summed E-state index contributed by atoms with van der Waals surface area (Å²) in [5, 5.41) is 10.3. The van der Waals surface area contributed by atoms with E-state index >= 15 is 0 Å². The van der Waals surface area contributed by atoms with E-state index in [1.54, 1.807) is 14.0 Å². The molecule has 2 N–H and O–H groups in total. The Kier molecular flexibility index (Phi) is 5.97. The van der Waals surface area contributed by atoms with Gasteiger partial charge in [-0.2, -0.15) is 0 Å². The van der Waals surface area contributed by atoms with Crippen molar-refractivity contribution in [3.8, 4) is 11.5 Å². The molecule has 3 rings (SSSR count). The van der Waals surface area contributed by atoms with Gasteiger partial charge in [0, 0.05) is 5.56 Å². The lowest BCUT2D eigenvalue weighted by molar-refractivity contribution is -0.903. The van der Waals surface area contributed by atoms with Gasteiger partial charge in [-0.15, -0.1) is 10.2 Å². The maximum absolute atomic E-state index is 13.7. The highest BCUT2D eigenvalue weighted by Gasteiger charge is 2.25. The third kappa shape index (κ3) is 4.62. The fourth-order valence-corrected chi connectivity index (χ4v) is 2.74. The third-order valence-electron chi connectivity index (χ3n) is 4.56. The number of nitrogens with zero attached hydrogens (tertiary/aromatic N) is 2. The topological polar surface area (TPSA) is 72.5 Å². The maximum atomic E-state index is 13.7. The minimum Gasteiger partial charge on any atom is -0.415 e. The molecule has 0 saturated heterocycles. The van der Waals surface area contributed by atoms with E-state index in [4.69, 9.17) is 4.42 Å². The fourth-order valence-electron chi connectivity index (χ4n) is 2.74. The predicted molar refractivity (Wildman–Crippen MR) is 99.6 cm³/mol. The Balaban J connectivity index is 1.65. The van der Waals surface area contributed by atoms with Crippen LogP contribution in [0.4, 0.5) is 18.9 Å². The van der Waals surface area contributed by atoms with Crippen molar-refractivity contribution in [3.63, 3.8) is 0 Å². The highest BCUT2D eigenvalue weighted by Crippen LogP contribution is 2.21. The van der Waals surface area contributed by atoms with Crippen molar-refractivity contribution >= 4 is 11.6 Å². The second-order valence-electron chi connectivity index (χ2n) is 6.83. The summed E-state index contributed by atoms with van der Waals surface area (Å²) in [7, 11) is 1.72. The lowest BCUT2D eigenvalue weighted by Crippen LogP contribution is -3.10. The molecule has 0 aliphatic carbocycles. The number of aromatic nitrogens is 2. The number of likely N-dealkylation sites (N-methyl/N-ethyl adjacent to an activating group) is 1. The number of rotatable bonds is 6. The molecule has 0 bridgehead atoms. The molecule has 2 aromatic carbocycles. The van der Waals surface area contributed by atoms with Crippen LogP contribution < -0.4 is 10.2 Å². The van der Waals surface area contributed by atoms with Gasteiger partial charge in [-0.1, -0.05) is 17.7 Å². The average Bonchev–Trinajstić information content (AvgIpc) is 3.18. The van der Waals surface area contributed by atoms with Crippen molar-refractivity contribution in [2.45, 2.75) is 19.9 Å².